The van der Waals surface area contributed by atoms with Gasteiger partial charge < -0.3 is 5.32 Å². The van der Waals surface area contributed by atoms with E-state index in [1.165, 1.54) is 6.07 Å². The van der Waals surface area contributed by atoms with E-state index in [2.05, 4.69) is 17.3 Å². The Hall–Kier alpha value is -2.20. The summed E-state index contributed by atoms with van der Waals surface area (Å²) in [5, 5.41) is 7.87. The predicted molar refractivity (Wildman–Crippen MR) is 81.7 cm³/mol. The smallest absolute Gasteiger partial charge is 0.123 e. The van der Waals surface area contributed by atoms with Crippen LogP contribution in [0.15, 0.2) is 54.9 Å². The molecule has 0 aliphatic rings. The lowest BCUT2D eigenvalue weighted by Gasteiger charge is -2.18. The zero-order valence-corrected chi connectivity index (χ0v) is 12.0. The van der Waals surface area contributed by atoms with Crippen molar-refractivity contribution in [1.82, 2.24) is 14.9 Å². The SMILES string of the molecule is CCCNC(c1cccc(F)c1)c1cnn2ccccc12. The highest BCUT2D eigenvalue weighted by molar-refractivity contribution is 5.57. The number of hydrogen-bond acceptors (Lipinski definition) is 2. The maximum absolute atomic E-state index is 13.6. The van der Waals surface area contributed by atoms with Crippen molar-refractivity contribution < 1.29 is 4.39 Å². The van der Waals surface area contributed by atoms with Crippen molar-refractivity contribution in [3.05, 3.63) is 71.8 Å². The number of nitrogens with zero attached hydrogens (tertiary/aromatic N) is 2. The average molecular weight is 283 g/mol. The molecule has 0 saturated carbocycles. The van der Waals surface area contributed by atoms with E-state index < -0.39 is 0 Å². The van der Waals surface area contributed by atoms with Crippen molar-refractivity contribution in [3.63, 3.8) is 0 Å². The summed E-state index contributed by atoms with van der Waals surface area (Å²) in [7, 11) is 0. The Morgan fingerprint density at radius 1 is 1.24 bits per heavy atom. The van der Waals surface area contributed by atoms with Crippen LogP contribution in [-0.2, 0) is 0 Å². The van der Waals surface area contributed by atoms with Gasteiger partial charge in [0, 0.05) is 11.8 Å². The first-order valence-electron chi connectivity index (χ1n) is 7.20. The minimum absolute atomic E-state index is 0.0550. The van der Waals surface area contributed by atoms with Gasteiger partial charge in [0.2, 0.25) is 0 Å². The van der Waals surface area contributed by atoms with Gasteiger partial charge in [0.05, 0.1) is 17.8 Å². The van der Waals surface area contributed by atoms with E-state index in [-0.39, 0.29) is 11.9 Å². The van der Waals surface area contributed by atoms with Crippen molar-refractivity contribution >= 4 is 5.52 Å². The second-order valence-corrected chi connectivity index (χ2v) is 5.07. The molecular weight excluding hydrogens is 265 g/mol. The quantitative estimate of drug-likeness (QED) is 0.775. The second-order valence-electron chi connectivity index (χ2n) is 5.07. The van der Waals surface area contributed by atoms with Gasteiger partial charge in [-0.2, -0.15) is 5.10 Å². The van der Waals surface area contributed by atoms with Crippen LogP contribution < -0.4 is 5.32 Å². The Bertz CT molecular complexity index is 735. The van der Waals surface area contributed by atoms with Gasteiger partial charge in [-0.15, -0.1) is 0 Å². The van der Waals surface area contributed by atoms with Crippen LogP contribution in [-0.4, -0.2) is 16.2 Å². The van der Waals surface area contributed by atoms with Crippen molar-refractivity contribution in [1.29, 1.82) is 0 Å². The van der Waals surface area contributed by atoms with Crippen molar-refractivity contribution in [2.75, 3.05) is 6.54 Å². The summed E-state index contributed by atoms with van der Waals surface area (Å²) in [6, 6.07) is 12.7. The van der Waals surface area contributed by atoms with Gasteiger partial charge in [-0.25, -0.2) is 8.91 Å². The van der Waals surface area contributed by atoms with E-state index in [0.717, 1.165) is 29.6 Å². The number of nitrogens with one attached hydrogen (secondary N) is 1. The van der Waals surface area contributed by atoms with Crippen LogP contribution in [0.2, 0.25) is 0 Å². The van der Waals surface area contributed by atoms with Gasteiger partial charge in [-0.3, -0.25) is 0 Å². The van der Waals surface area contributed by atoms with Crippen LogP contribution in [0.25, 0.3) is 5.52 Å². The van der Waals surface area contributed by atoms with E-state index in [1.54, 1.807) is 12.1 Å². The van der Waals surface area contributed by atoms with Crippen LogP contribution in [0.4, 0.5) is 4.39 Å². The molecule has 4 heteroatoms. The highest BCUT2D eigenvalue weighted by atomic mass is 19.1. The monoisotopic (exact) mass is 283 g/mol. The van der Waals surface area contributed by atoms with Crippen molar-refractivity contribution in [2.45, 2.75) is 19.4 Å². The zero-order chi connectivity index (χ0) is 14.7. The summed E-state index contributed by atoms with van der Waals surface area (Å²) >= 11 is 0. The van der Waals surface area contributed by atoms with Crippen LogP contribution >= 0.6 is 0 Å². The molecule has 3 rings (SSSR count). The lowest BCUT2D eigenvalue weighted by Crippen LogP contribution is -2.23. The Morgan fingerprint density at radius 3 is 2.95 bits per heavy atom. The molecule has 2 aromatic heterocycles. The number of pyridine rings is 1. The minimum Gasteiger partial charge on any atom is -0.306 e. The second kappa shape index (κ2) is 6.06. The molecule has 0 fully saturated rings. The first-order valence-corrected chi connectivity index (χ1v) is 7.20. The Morgan fingerprint density at radius 2 is 2.14 bits per heavy atom. The minimum atomic E-state index is -0.215. The standard InChI is InChI=1S/C17H18FN3/c1-2-9-19-17(13-6-5-7-14(18)11-13)15-12-20-21-10-4-3-8-16(15)21/h3-8,10-12,17,19H,2,9H2,1H3. The van der Waals surface area contributed by atoms with Gasteiger partial charge in [0.25, 0.3) is 0 Å². The lowest BCUT2D eigenvalue weighted by atomic mass is 9.99. The summed E-state index contributed by atoms with van der Waals surface area (Å²) in [5.41, 5.74) is 3.02. The molecule has 0 amide bonds. The molecule has 3 nitrogen and oxygen atoms in total. The first-order chi connectivity index (χ1) is 10.3. The third kappa shape index (κ3) is 2.81. The van der Waals surface area contributed by atoms with Crippen molar-refractivity contribution in [2.24, 2.45) is 0 Å². The zero-order valence-electron chi connectivity index (χ0n) is 12.0. The topological polar surface area (TPSA) is 29.3 Å². The third-order valence-electron chi connectivity index (χ3n) is 3.55. The first kappa shape index (κ1) is 13.8. The molecule has 0 radical (unpaired) electrons. The van der Waals surface area contributed by atoms with E-state index in [4.69, 9.17) is 0 Å². The van der Waals surface area contributed by atoms with E-state index in [9.17, 15) is 4.39 Å². The largest absolute Gasteiger partial charge is 0.306 e. The molecule has 1 N–H and O–H groups in total. The van der Waals surface area contributed by atoms with E-state index in [0.29, 0.717) is 0 Å². The summed E-state index contributed by atoms with van der Waals surface area (Å²) in [6.07, 6.45) is 4.79. The number of fused-ring (bicyclic) bond motifs is 1. The lowest BCUT2D eigenvalue weighted by molar-refractivity contribution is 0.587. The molecule has 2 heterocycles. The van der Waals surface area contributed by atoms with Crippen LogP contribution in [0.5, 0.6) is 0 Å². The fourth-order valence-electron chi connectivity index (χ4n) is 2.56. The summed E-state index contributed by atoms with van der Waals surface area (Å²) in [5.74, 6) is -0.215. The summed E-state index contributed by atoms with van der Waals surface area (Å²) in [6.45, 7) is 2.98. The number of hydrogen-bond donors (Lipinski definition) is 1. The number of aromatic nitrogens is 2. The number of halogens is 1. The molecule has 0 bridgehead atoms. The molecule has 0 spiro atoms. The summed E-state index contributed by atoms with van der Waals surface area (Å²) in [4.78, 5) is 0. The molecule has 108 valence electrons. The van der Waals surface area contributed by atoms with Gasteiger partial charge in [-0.05, 0) is 42.8 Å². The molecule has 0 aliphatic heterocycles. The van der Waals surface area contributed by atoms with Crippen LogP contribution in [0.3, 0.4) is 0 Å². The Balaban J connectivity index is 2.06. The molecule has 0 aliphatic carbocycles. The Labute approximate surface area is 123 Å². The highest BCUT2D eigenvalue weighted by Gasteiger charge is 2.18. The molecule has 1 unspecified atom stereocenters. The van der Waals surface area contributed by atoms with Gasteiger partial charge in [0.15, 0.2) is 0 Å². The van der Waals surface area contributed by atoms with Gasteiger partial charge in [0.1, 0.15) is 5.82 Å². The average Bonchev–Trinajstić information content (AvgIpc) is 2.92. The van der Waals surface area contributed by atoms with Gasteiger partial charge >= 0.3 is 0 Å². The molecule has 1 atom stereocenters. The molecular formula is C17H18FN3. The normalized spacial score (nSPS) is 12.7. The number of rotatable bonds is 5. The fraction of sp³-hybridized carbons (Fsp3) is 0.235. The maximum Gasteiger partial charge on any atom is 0.123 e. The number of benzene rings is 1. The third-order valence-corrected chi connectivity index (χ3v) is 3.55. The highest BCUT2D eigenvalue weighted by Crippen LogP contribution is 2.26. The molecule has 0 saturated heterocycles. The van der Waals surface area contributed by atoms with Crippen LogP contribution in [0.1, 0.15) is 30.5 Å². The summed E-state index contributed by atoms with van der Waals surface area (Å²) < 4.78 is 15.4. The molecule has 1 aromatic carbocycles. The predicted octanol–water partition coefficient (Wildman–Crippen LogP) is 3.56. The van der Waals surface area contributed by atoms with E-state index in [1.807, 2.05) is 41.2 Å². The molecule has 3 aromatic rings. The van der Waals surface area contributed by atoms with Crippen LogP contribution in [0, 0.1) is 5.82 Å². The van der Waals surface area contributed by atoms with Gasteiger partial charge in [-0.1, -0.05) is 25.1 Å². The Kier molecular flexibility index (Phi) is 3.97. The fourth-order valence-corrected chi connectivity index (χ4v) is 2.56. The van der Waals surface area contributed by atoms with Crippen molar-refractivity contribution in [3.8, 4) is 0 Å². The molecule has 21 heavy (non-hydrogen) atoms. The van der Waals surface area contributed by atoms with E-state index >= 15 is 0 Å². The maximum atomic E-state index is 13.6.